The largest absolute Gasteiger partial charge is 0.279 e. The average molecular weight is 220 g/mol. The van der Waals surface area contributed by atoms with Crippen molar-refractivity contribution in [2.75, 3.05) is 7.11 Å². The van der Waals surface area contributed by atoms with Gasteiger partial charge in [0.25, 0.3) is 5.69 Å². The summed E-state index contributed by atoms with van der Waals surface area (Å²) in [5.41, 5.74) is 5.60. The monoisotopic (exact) mass is 220 g/mol. The second-order valence-electron chi connectivity index (χ2n) is 3.56. The number of nitrogens with zero attached hydrogens (tertiary/aromatic N) is 1. The predicted octanol–water partition coefficient (Wildman–Crippen LogP) is 2.03. The normalized spacial score (nSPS) is 13.9. The van der Waals surface area contributed by atoms with Crippen molar-refractivity contribution < 1.29 is 9.76 Å². The first-order valence-electron chi connectivity index (χ1n) is 4.99. The number of rotatable bonds is 3. The Kier molecular flexibility index (Phi) is 2.87. The summed E-state index contributed by atoms with van der Waals surface area (Å²) in [5, 5.41) is 10.7. The zero-order valence-corrected chi connectivity index (χ0v) is 8.90. The molecule has 0 aliphatic heterocycles. The summed E-state index contributed by atoms with van der Waals surface area (Å²) in [6.45, 7) is 0. The Morgan fingerprint density at radius 1 is 1.50 bits per heavy atom. The van der Waals surface area contributed by atoms with Crippen molar-refractivity contribution in [2.45, 2.75) is 12.8 Å². The van der Waals surface area contributed by atoms with Crippen LogP contribution in [0.4, 0.5) is 5.69 Å². The maximum atomic E-state index is 10.7. The van der Waals surface area contributed by atoms with Gasteiger partial charge in [-0.15, -0.1) is 0 Å². The number of allylic oxidation sites excluding steroid dienone is 1. The van der Waals surface area contributed by atoms with Crippen LogP contribution in [0.1, 0.15) is 17.5 Å². The van der Waals surface area contributed by atoms with E-state index >= 15 is 0 Å². The zero-order valence-electron chi connectivity index (χ0n) is 8.90. The highest BCUT2D eigenvalue weighted by atomic mass is 16.6. The molecule has 16 heavy (non-hydrogen) atoms. The van der Waals surface area contributed by atoms with Crippen LogP contribution in [0.15, 0.2) is 24.3 Å². The summed E-state index contributed by atoms with van der Waals surface area (Å²) in [6.07, 6.45) is 3.80. The molecular weight excluding hydrogens is 208 g/mol. The number of hydroxylamine groups is 1. The van der Waals surface area contributed by atoms with Gasteiger partial charge in [0.15, 0.2) is 0 Å². The third-order valence-corrected chi connectivity index (χ3v) is 2.57. The third-order valence-electron chi connectivity index (χ3n) is 2.57. The maximum absolute atomic E-state index is 10.7. The molecule has 0 radical (unpaired) electrons. The van der Waals surface area contributed by atoms with Gasteiger partial charge in [-0.25, -0.2) is 0 Å². The lowest BCUT2D eigenvalue weighted by Crippen LogP contribution is -2.14. The van der Waals surface area contributed by atoms with Gasteiger partial charge in [-0.05, 0) is 18.4 Å². The number of hydrogen-bond donors (Lipinski definition) is 1. The van der Waals surface area contributed by atoms with Crippen LogP contribution in [0.5, 0.6) is 0 Å². The lowest BCUT2D eigenvalue weighted by Gasteiger charge is -2.17. The van der Waals surface area contributed by atoms with E-state index in [1.807, 2.05) is 6.08 Å². The van der Waals surface area contributed by atoms with Crippen molar-refractivity contribution in [1.82, 2.24) is 5.48 Å². The van der Waals surface area contributed by atoms with E-state index < -0.39 is 0 Å². The molecule has 1 aliphatic carbocycles. The predicted molar refractivity (Wildman–Crippen MR) is 59.5 cm³/mol. The highest BCUT2D eigenvalue weighted by molar-refractivity contribution is 5.70. The van der Waals surface area contributed by atoms with Gasteiger partial charge in [0.2, 0.25) is 0 Å². The minimum Gasteiger partial charge on any atom is -0.279 e. The molecule has 1 aromatic rings. The molecule has 0 spiro atoms. The first-order chi connectivity index (χ1) is 7.72. The molecule has 0 fully saturated rings. The molecule has 1 N–H and O–H groups in total. The fourth-order valence-corrected chi connectivity index (χ4v) is 1.84. The van der Waals surface area contributed by atoms with Gasteiger partial charge in [-0.3, -0.25) is 20.4 Å². The van der Waals surface area contributed by atoms with Crippen LogP contribution >= 0.6 is 0 Å². The highest BCUT2D eigenvalue weighted by Gasteiger charge is 2.16. The van der Waals surface area contributed by atoms with Crippen LogP contribution in [-0.2, 0) is 11.3 Å². The molecule has 0 atom stereocenters. The van der Waals surface area contributed by atoms with E-state index in [1.54, 1.807) is 12.1 Å². The Hall–Kier alpha value is -1.88. The fourth-order valence-electron chi connectivity index (χ4n) is 1.84. The fraction of sp³-hybridized carbons (Fsp3) is 0.273. The Morgan fingerprint density at radius 2 is 2.31 bits per heavy atom. The molecule has 0 amide bonds. The van der Waals surface area contributed by atoms with E-state index in [9.17, 15) is 10.1 Å². The number of non-ortho nitro benzene ring substituents is 1. The van der Waals surface area contributed by atoms with E-state index in [-0.39, 0.29) is 10.6 Å². The Balaban J connectivity index is 2.43. The van der Waals surface area contributed by atoms with Crippen LogP contribution in [0.3, 0.4) is 0 Å². The van der Waals surface area contributed by atoms with E-state index in [4.69, 9.17) is 4.84 Å². The minimum absolute atomic E-state index is 0.101. The number of aryl methyl sites for hydroxylation is 1. The molecule has 1 aromatic carbocycles. The summed E-state index contributed by atoms with van der Waals surface area (Å²) < 4.78 is 0. The van der Waals surface area contributed by atoms with Crippen molar-refractivity contribution in [3.05, 3.63) is 45.5 Å². The SMILES string of the molecule is CONC1=CCCc2ccc([N+](=O)[O-])cc21. The molecule has 5 nitrogen and oxygen atoms in total. The summed E-state index contributed by atoms with van der Waals surface area (Å²) in [5.74, 6) is 0. The van der Waals surface area contributed by atoms with Gasteiger partial charge in [0.1, 0.15) is 0 Å². The number of hydrogen-bond acceptors (Lipinski definition) is 4. The van der Waals surface area contributed by atoms with Gasteiger partial charge in [0, 0.05) is 17.7 Å². The molecule has 0 unspecified atom stereocenters. The lowest BCUT2D eigenvalue weighted by atomic mass is 9.94. The van der Waals surface area contributed by atoms with Crippen molar-refractivity contribution >= 4 is 11.4 Å². The van der Waals surface area contributed by atoms with Gasteiger partial charge in [0.05, 0.1) is 17.7 Å². The number of nitro groups is 1. The first kappa shape index (κ1) is 10.6. The van der Waals surface area contributed by atoms with Crippen molar-refractivity contribution in [3.63, 3.8) is 0 Å². The maximum Gasteiger partial charge on any atom is 0.270 e. The van der Waals surface area contributed by atoms with E-state index in [0.29, 0.717) is 0 Å². The molecule has 2 rings (SSSR count). The minimum atomic E-state index is -0.390. The van der Waals surface area contributed by atoms with Crippen LogP contribution in [-0.4, -0.2) is 12.0 Å². The molecule has 84 valence electrons. The molecule has 0 bridgehead atoms. The number of benzene rings is 1. The number of fused-ring (bicyclic) bond motifs is 1. The first-order valence-corrected chi connectivity index (χ1v) is 4.99. The van der Waals surface area contributed by atoms with Gasteiger partial charge < -0.3 is 0 Å². The quantitative estimate of drug-likeness (QED) is 0.625. The van der Waals surface area contributed by atoms with Crippen LogP contribution < -0.4 is 5.48 Å². The van der Waals surface area contributed by atoms with Crippen molar-refractivity contribution in [2.24, 2.45) is 0 Å². The average Bonchev–Trinajstić information content (AvgIpc) is 2.29. The molecular formula is C11H12N2O3. The molecule has 0 heterocycles. The second-order valence-corrected chi connectivity index (χ2v) is 3.56. The summed E-state index contributed by atoms with van der Waals surface area (Å²) in [7, 11) is 1.52. The topological polar surface area (TPSA) is 64.4 Å². The standard InChI is InChI=1S/C11H12N2O3/c1-16-12-11-4-2-3-8-5-6-9(13(14)15)7-10(8)11/h4-7,12H,2-3H2,1H3. The Morgan fingerprint density at radius 3 is 3.00 bits per heavy atom. The summed E-state index contributed by atoms with van der Waals surface area (Å²) in [4.78, 5) is 15.1. The highest BCUT2D eigenvalue weighted by Crippen LogP contribution is 2.28. The van der Waals surface area contributed by atoms with E-state index in [2.05, 4.69) is 5.48 Å². The molecule has 5 heteroatoms. The van der Waals surface area contributed by atoms with Crippen LogP contribution in [0.25, 0.3) is 5.70 Å². The molecule has 0 aromatic heterocycles. The molecule has 0 saturated heterocycles. The lowest BCUT2D eigenvalue weighted by molar-refractivity contribution is -0.384. The molecule has 0 saturated carbocycles. The second kappa shape index (κ2) is 4.32. The Bertz CT molecular complexity index is 455. The van der Waals surface area contributed by atoms with Gasteiger partial charge >= 0.3 is 0 Å². The zero-order chi connectivity index (χ0) is 11.5. The molecule has 1 aliphatic rings. The van der Waals surface area contributed by atoms with E-state index in [0.717, 1.165) is 29.7 Å². The van der Waals surface area contributed by atoms with Crippen molar-refractivity contribution in [3.8, 4) is 0 Å². The van der Waals surface area contributed by atoms with E-state index in [1.165, 1.54) is 13.2 Å². The third kappa shape index (κ3) is 1.90. The Labute approximate surface area is 92.8 Å². The summed E-state index contributed by atoms with van der Waals surface area (Å²) >= 11 is 0. The van der Waals surface area contributed by atoms with Gasteiger partial charge in [-0.1, -0.05) is 12.1 Å². The van der Waals surface area contributed by atoms with Gasteiger partial charge in [-0.2, -0.15) is 0 Å². The van der Waals surface area contributed by atoms with Crippen LogP contribution in [0.2, 0.25) is 0 Å². The number of nitro benzene ring substituents is 1. The number of nitrogens with one attached hydrogen (secondary N) is 1. The summed E-state index contributed by atoms with van der Waals surface area (Å²) in [6, 6.07) is 4.92. The smallest absolute Gasteiger partial charge is 0.270 e. The van der Waals surface area contributed by atoms with Crippen molar-refractivity contribution in [1.29, 1.82) is 0 Å². The van der Waals surface area contributed by atoms with Crippen LogP contribution in [0, 0.1) is 10.1 Å².